The van der Waals surface area contributed by atoms with E-state index in [4.69, 9.17) is 12.6 Å². The zero-order chi connectivity index (χ0) is 16.3. The average molecular weight is 357 g/mol. The Labute approximate surface area is 151 Å². The quantitative estimate of drug-likeness (QED) is 0.614. The van der Waals surface area contributed by atoms with Crippen molar-refractivity contribution in [3.05, 3.63) is 40.9 Å². The lowest BCUT2D eigenvalue weighted by molar-refractivity contribution is -0.128. The van der Waals surface area contributed by atoms with Gasteiger partial charge >= 0.3 is 0 Å². The van der Waals surface area contributed by atoms with Crippen molar-refractivity contribution >= 4 is 47.3 Å². The standard InChI is InChI=1S/C19H20N2OS2/c22-18-17(9-13-10-20-15-4-2-1-3-14(13)15)24-19(23)21(18)16-8-11-5-6-12(16)7-11/h1-4,9-12,16,19-20,23H,5-8H2/b17-9-. The molecule has 2 aliphatic carbocycles. The fourth-order valence-electron chi connectivity index (χ4n) is 4.76. The second-order valence-corrected chi connectivity index (χ2v) is 9.16. The number of thioether (sulfide) groups is 1. The van der Waals surface area contributed by atoms with Crippen LogP contribution in [-0.2, 0) is 4.79 Å². The number of nitrogens with one attached hydrogen (secondary N) is 1. The van der Waals surface area contributed by atoms with Gasteiger partial charge in [-0.3, -0.25) is 4.79 Å². The van der Waals surface area contributed by atoms with Crippen molar-refractivity contribution in [3.63, 3.8) is 0 Å². The number of benzene rings is 1. The molecule has 24 heavy (non-hydrogen) atoms. The largest absolute Gasteiger partial charge is 0.361 e. The molecule has 1 N–H and O–H groups in total. The van der Waals surface area contributed by atoms with E-state index < -0.39 is 0 Å². The summed E-state index contributed by atoms with van der Waals surface area (Å²) in [6.07, 6.45) is 9.13. The van der Waals surface area contributed by atoms with Crippen molar-refractivity contribution in [1.29, 1.82) is 0 Å². The predicted molar refractivity (Wildman–Crippen MR) is 103 cm³/mol. The number of thiol groups is 1. The number of fused-ring (bicyclic) bond motifs is 3. The van der Waals surface area contributed by atoms with Crippen LogP contribution in [0.5, 0.6) is 0 Å². The number of H-pyrrole nitrogens is 1. The monoisotopic (exact) mass is 356 g/mol. The summed E-state index contributed by atoms with van der Waals surface area (Å²) in [5.41, 5.74) is 2.18. The minimum absolute atomic E-state index is 0.0432. The fourth-order valence-corrected chi connectivity index (χ4v) is 6.38. The van der Waals surface area contributed by atoms with Gasteiger partial charge in [0, 0.05) is 28.7 Å². The molecule has 1 aliphatic heterocycles. The van der Waals surface area contributed by atoms with E-state index in [1.165, 1.54) is 25.7 Å². The Hall–Kier alpha value is -1.33. The van der Waals surface area contributed by atoms with Gasteiger partial charge in [0.15, 0.2) is 0 Å². The van der Waals surface area contributed by atoms with E-state index in [1.54, 1.807) is 11.8 Å². The van der Waals surface area contributed by atoms with Crippen LogP contribution in [0.3, 0.4) is 0 Å². The molecule has 2 heterocycles. The summed E-state index contributed by atoms with van der Waals surface area (Å²) in [5.74, 6) is 1.70. The zero-order valence-electron chi connectivity index (χ0n) is 13.3. The number of nitrogens with zero attached hydrogens (tertiary/aromatic N) is 1. The zero-order valence-corrected chi connectivity index (χ0v) is 15.0. The first-order valence-corrected chi connectivity index (χ1v) is 10.1. The SMILES string of the molecule is O=C1/C(=C/c2c[nH]c3ccccc23)SC(S)N1C1CC2CCC1C2. The Morgan fingerprint density at radius 1 is 1.25 bits per heavy atom. The highest BCUT2D eigenvalue weighted by atomic mass is 32.2. The molecule has 3 fully saturated rings. The van der Waals surface area contributed by atoms with Crippen LogP contribution in [0.25, 0.3) is 17.0 Å². The van der Waals surface area contributed by atoms with Gasteiger partial charge in [0.2, 0.25) is 0 Å². The summed E-state index contributed by atoms with van der Waals surface area (Å²) in [7, 11) is 0. The van der Waals surface area contributed by atoms with Gasteiger partial charge in [-0.05, 0) is 43.2 Å². The molecule has 1 aromatic heterocycles. The molecule has 4 atom stereocenters. The third-order valence-electron chi connectivity index (χ3n) is 5.88. The van der Waals surface area contributed by atoms with E-state index in [1.807, 2.05) is 24.4 Å². The van der Waals surface area contributed by atoms with Crippen LogP contribution in [0.1, 0.15) is 31.2 Å². The number of amides is 1. The Kier molecular flexibility index (Phi) is 3.49. The van der Waals surface area contributed by atoms with Crippen LogP contribution < -0.4 is 0 Å². The van der Waals surface area contributed by atoms with Crippen LogP contribution >= 0.6 is 24.4 Å². The van der Waals surface area contributed by atoms with E-state index in [0.29, 0.717) is 12.0 Å². The summed E-state index contributed by atoms with van der Waals surface area (Å²) in [5, 5.41) is 1.16. The number of hydrogen-bond acceptors (Lipinski definition) is 3. The van der Waals surface area contributed by atoms with Crippen LogP contribution in [0.4, 0.5) is 0 Å². The first-order chi connectivity index (χ1) is 11.7. The molecule has 2 bridgehead atoms. The molecule has 2 aromatic rings. The fraction of sp³-hybridized carbons (Fsp3) is 0.421. The molecule has 1 saturated heterocycles. The second-order valence-electron chi connectivity index (χ2n) is 7.20. The van der Waals surface area contributed by atoms with Crippen molar-refractivity contribution in [2.45, 2.75) is 36.4 Å². The van der Waals surface area contributed by atoms with Crippen molar-refractivity contribution in [2.24, 2.45) is 11.8 Å². The van der Waals surface area contributed by atoms with Gasteiger partial charge in [0.05, 0.1) is 4.91 Å². The maximum Gasteiger partial charge on any atom is 0.262 e. The van der Waals surface area contributed by atoms with Crippen LogP contribution in [-0.4, -0.2) is 26.5 Å². The number of para-hydroxylation sites is 1. The number of carbonyl (C=O) groups excluding carboxylic acids is 1. The van der Waals surface area contributed by atoms with Gasteiger partial charge in [-0.2, -0.15) is 0 Å². The highest BCUT2D eigenvalue weighted by molar-refractivity contribution is 8.14. The Morgan fingerprint density at radius 3 is 2.92 bits per heavy atom. The normalized spacial score (nSPS) is 34.1. The van der Waals surface area contributed by atoms with Crippen LogP contribution in [0.2, 0.25) is 0 Å². The average Bonchev–Trinajstić information content (AvgIpc) is 3.33. The third kappa shape index (κ3) is 2.25. The van der Waals surface area contributed by atoms with Gasteiger partial charge in [0.1, 0.15) is 4.71 Å². The Morgan fingerprint density at radius 2 is 2.12 bits per heavy atom. The Balaban J connectivity index is 1.46. The highest BCUT2D eigenvalue weighted by Crippen LogP contribution is 2.51. The van der Waals surface area contributed by atoms with Gasteiger partial charge in [-0.15, -0.1) is 12.6 Å². The Bertz CT molecular complexity index is 843. The maximum absolute atomic E-state index is 13.0. The van der Waals surface area contributed by atoms with Crippen LogP contribution in [0.15, 0.2) is 35.4 Å². The lowest BCUT2D eigenvalue weighted by atomic mass is 9.94. The van der Waals surface area contributed by atoms with Gasteiger partial charge in [0.25, 0.3) is 5.91 Å². The lowest BCUT2D eigenvalue weighted by Gasteiger charge is -2.33. The molecule has 0 spiro atoms. The molecule has 5 heteroatoms. The van der Waals surface area contributed by atoms with Gasteiger partial charge in [-0.25, -0.2) is 0 Å². The summed E-state index contributed by atoms with van der Waals surface area (Å²) < 4.78 is -0.0432. The van der Waals surface area contributed by atoms with E-state index in [-0.39, 0.29) is 10.6 Å². The summed E-state index contributed by atoms with van der Waals surface area (Å²) in [4.78, 5) is 19.2. The van der Waals surface area contributed by atoms with Gasteiger partial charge in [-0.1, -0.05) is 36.4 Å². The molecular weight excluding hydrogens is 336 g/mol. The number of carbonyl (C=O) groups is 1. The molecule has 4 unspecified atom stereocenters. The predicted octanol–water partition coefficient (Wildman–Crippen LogP) is 4.49. The molecular formula is C19H20N2OS2. The summed E-state index contributed by atoms with van der Waals surface area (Å²) in [6.45, 7) is 0. The van der Waals surface area contributed by atoms with E-state index in [9.17, 15) is 4.79 Å². The summed E-state index contributed by atoms with van der Waals surface area (Å²) >= 11 is 6.31. The maximum atomic E-state index is 13.0. The highest BCUT2D eigenvalue weighted by Gasteiger charge is 2.48. The van der Waals surface area contributed by atoms with Gasteiger partial charge < -0.3 is 9.88 Å². The molecule has 1 aromatic carbocycles. The number of hydrogen-bond donors (Lipinski definition) is 2. The van der Waals surface area contributed by atoms with Crippen molar-refractivity contribution in [2.75, 3.05) is 0 Å². The minimum Gasteiger partial charge on any atom is -0.361 e. The molecule has 3 aliphatic rings. The van der Waals surface area contributed by atoms with Crippen molar-refractivity contribution in [1.82, 2.24) is 9.88 Å². The summed E-state index contributed by atoms with van der Waals surface area (Å²) in [6, 6.07) is 8.61. The minimum atomic E-state index is -0.0432. The lowest BCUT2D eigenvalue weighted by Crippen LogP contribution is -2.42. The molecule has 0 radical (unpaired) electrons. The smallest absolute Gasteiger partial charge is 0.262 e. The third-order valence-corrected chi connectivity index (χ3v) is 7.43. The molecule has 3 nitrogen and oxygen atoms in total. The van der Waals surface area contributed by atoms with E-state index >= 15 is 0 Å². The first-order valence-electron chi connectivity index (χ1n) is 8.66. The molecule has 124 valence electrons. The van der Waals surface area contributed by atoms with Crippen LogP contribution in [0, 0.1) is 11.8 Å². The number of aromatic amines is 1. The van der Waals surface area contributed by atoms with E-state index in [2.05, 4.69) is 22.0 Å². The van der Waals surface area contributed by atoms with Crippen molar-refractivity contribution < 1.29 is 4.79 Å². The van der Waals surface area contributed by atoms with Crippen molar-refractivity contribution in [3.8, 4) is 0 Å². The molecule has 1 amide bonds. The molecule has 2 saturated carbocycles. The first kappa shape index (κ1) is 15.0. The molecule has 5 rings (SSSR count). The number of rotatable bonds is 2. The number of aromatic nitrogens is 1. The second kappa shape index (κ2) is 5.60. The van der Waals surface area contributed by atoms with E-state index in [0.717, 1.165) is 27.3 Å². The topological polar surface area (TPSA) is 36.1 Å².